The average Bonchev–Trinajstić information content (AvgIpc) is 2.73. The maximum Gasteiger partial charge on any atom is 0.0722 e. The summed E-state index contributed by atoms with van der Waals surface area (Å²) in [7, 11) is 1.97. The molecule has 0 aliphatic rings. The van der Waals surface area contributed by atoms with E-state index in [9.17, 15) is 0 Å². The Bertz CT molecular complexity index is 561. The molecule has 0 fully saturated rings. The number of aromatic nitrogens is 3. The summed E-state index contributed by atoms with van der Waals surface area (Å²) in [6, 6.07) is 4.16. The van der Waals surface area contributed by atoms with Crippen molar-refractivity contribution in [3.63, 3.8) is 0 Å². The zero-order valence-electron chi connectivity index (χ0n) is 13.1. The lowest BCUT2D eigenvalue weighted by Crippen LogP contribution is -2.19. The summed E-state index contributed by atoms with van der Waals surface area (Å²) in [6.45, 7) is 10.2. The van der Waals surface area contributed by atoms with Gasteiger partial charge in [0.25, 0.3) is 0 Å². The van der Waals surface area contributed by atoms with Crippen molar-refractivity contribution < 1.29 is 0 Å². The maximum atomic E-state index is 4.58. The SMILES string of the molecule is Cc1ccc(CNCc2cn(C)nc2C(C)(C)C)nc1. The van der Waals surface area contributed by atoms with Gasteiger partial charge in [-0.05, 0) is 18.6 Å². The second-order valence-corrected chi connectivity index (χ2v) is 6.36. The molecule has 0 aliphatic carbocycles. The fourth-order valence-corrected chi connectivity index (χ4v) is 2.23. The molecule has 0 saturated heterocycles. The van der Waals surface area contributed by atoms with E-state index in [-0.39, 0.29) is 5.41 Å². The average molecular weight is 272 g/mol. The van der Waals surface area contributed by atoms with Gasteiger partial charge in [-0.15, -0.1) is 0 Å². The van der Waals surface area contributed by atoms with Crippen molar-refractivity contribution >= 4 is 0 Å². The van der Waals surface area contributed by atoms with E-state index in [2.05, 4.69) is 61.4 Å². The van der Waals surface area contributed by atoms with E-state index in [4.69, 9.17) is 0 Å². The van der Waals surface area contributed by atoms with Gasteiger partial charge in [0.15, 0.2) is 0 Å². The summed E-state index contributed by atoms with van der Waals surface area (Å²) in [5.41, 5.74) is 4.74. The lowest BCUT2D eigenvalue weighted by Gasteiger charge is -2.17. The first-order valence-electron chi connectivity index (χ1n) is 7.01. The van der Waals surface area contributed by atoms with Crippen molar-refractivity contribution in [1.29, 1.82) is 0 Å². The standard InChI is InChI=1S/C16H24N4/c1-12-6-7-14(18-8-12)10-17-9-13-11-20(5)19-15(13)16(2,3)4/h6-8,11,17H,9-10H2,1-5H3. The van der Waals surface area contributed by atoms with Crippen LogP contribution in [0.4, 0.5) is 0 Å². The Morgan fingerprint density at radius 2 is 1.95 bits per heavy atom. The van der Waals surface area contributed by atoms with Crippen LogP contribution in [0.15, 0.2) is 24.5 Å². The van der Waals surface area contributed by atoms with Gasteiger partial charge in [0.1, 0.15) is 0 Å². The summed E-state index contributed by atoms with van der Waals surface area (Å²) in [5, 5.41) is 8.03. The van der Waals surface area contributed by atoms with Gasteiger partial charge in [0.05, 0.1) is 11.4 Å². The van der Waals surface area contributed by atoms with Crippen molar-refractivity contribution in [3.05, 3.63) is 47.0 Å². The zero-order valence-corrected chi connectivity index (χ0v) is 13.1. The second-order valence-electron chi connectivity index (χ2n) is 6.36. The lowest BCUT2D eigenvalue weighted by molar-refractivity contribution is 0.543. The van der Waals surface area contributed by atoms with Crippen LogP contribution in [-0.4, -0.2) is 14.8 Å². The summed E-state index contributed by atoms with van der Waals surface area (Å²) in [6.07, 6.45) is 4.00. The second kappa shape index (κ2) is 5.75. The van der Waals surface area contributed by atoms with Crippen LogP contribution in [0, 0.1) is 6.92 Å². The molecule has 0 radical (unpaired) electrons. The smallest absolute Gasteiger partial charge is 0.0722 e. The molecule has 0 bridgehead atoms. The Morgan fingerprint density at radius 1 is 1.20 bits per heavy atom. The molecule has 0 aromatic carbocycles. The summed E-state index contributed by atoms with van der Waals surface area (Å²) < 4.78 is 1.89. The number of hydrogen-bond acceptors (Lipinski definition) is 3. The molecule has 0 spiro atoms. The van der Waals surface area contributed by atoms with E-state index in [0.717, 1.165) is 24.5 Å². The molecule has 20 heavy (non-hydrogen) atoms. The first kappa shape index (κ1) is 14.7. The Hall–Kier alpha value is -1.68. The fraction of sp³-hybridized carbons (Fsp3) is 0.500. The summed E-state index contributed by atoms with van der Waals surface area (Å²) in [4.78, 5) is 4.40. The predicted molar refractivity (Wildman–Crippen MR) is 81.4 cm³/mol. The Balaban J connectivity index is 1.99. The monoisotopic (exact) mass is 272 g/mol. The van der Waals surface area contributed by atoms with Gasteiger partial charge in [-0.25, -0.2) is 0 Å². The van der Waals surface area contributed by atoms with Gasteiger partial charge in [0.2, 0.25) is 0 Å². The number of nitrogens with one attached hydrogen (secondary N) is 1. The topological polar surface area (TPSA) is 42.7 Å². The first-order chi connectivity index (χ1) is 9.36. The van der Waals surface area contributed by atoms with E-state index < -0.39 is 0 Å². The van der Waals surface area contributed by atoms with Crippen molar-refractivity contribution in [1.82, 2.24) is 20.1 Å². The van der Waals surface area contributed by atoms with Crippen molar-refractivity contribution in [2.75, 3.05) is 0 Å². The quantitative estimate of drug-likeness (QED) is 0.930. The van der Waals surface area contributed by atoms with E-state index in [1.807, 2.05) is 17.9 Å². The highest BCUT2D eigenvalue weighted by Gasteiger charge is 2.21. The lowest BCUT2D eigenvalue weighted by atomic mass is 9.89. The van der Waals surface area contributed by atoms with Gasteiger partial charge in [-0.3, -0.25) is 9.67 Å². The van der Waals surface area contributed by atoms with E-state index in [0.29, 0.717) is 0 Å². The number of aryl methyl sites for hydroxylation is 2. The Morgan fingerprint density at radius 3 is 2.55 bits per heavy atom. The van der Waals surface area contributed by atoms with Crippen LogP contribution in [0.3, 0.4) is 0 Å². The van der Waals surface area contributed by atoms with Crippen molar-refractivity contribution in [3.8, 4) is 0 Å². The van der Waals surface area contributed by atoms with E-state index >= 15 is 0 Å². The molecule has 0 saturated carbocycles. The molecule has 2 aromatic rings. The molecule has 2 aromatic heterocycles. The molecule has 2 heterocycles. The minimum Gasteiger partial charge on any atom is -0.307 e. The number of rotatable bonds is 4. The predicted octanol–water partition coefficient (Wildman–Crippen LogP) is 2.71. The largest absolute Gasteiger partial charge is 0.307 e. The third-order valence-electron chi connectivity index (χ3n) is 3.21. The van der Waals surface area contributed by atoms with Crippen LogP contribution in [0.1, 0.15) is 43.3 Å². The Kier molecular flexibility index (Phi) is 4.23. The minimum absolute atomic E-state index is 0.0698. The van der Waals surface area contributed by atoms with Gasteiger partial charge < -0.3 is 5.32 Å². The third-order valence-corrected chi connectivity index (χ3v) is 3.21. The van der Waals surface area contributed by atoms with Crippen LogP contribution in [0.2, 0.25) is 0 Å². The zero-order chi connectivity index (χ0) is 14.8. The van der Waals surface area contributed by atoms with Crippen LogP contribution in [0.5, 0.6) is 0 Å². The third kappa shape index (κ3) is 3.67. The van der Waals surface area contributed by atoms with Crippen LogP contribution in [-0.2, 0) is 25.6 Å². The molecule has 108 valence electrons. The van der Waals surface area contributed by atoms with Gasteiger partial charge in [-0.1, -0.05) is 26.8 Å². The molecule has 4 nitrogen and oxygen atoms in total. The highest BCUT2D eigenvalue weighted by Crippen LogP contribution is 2.23. The normalized spacial score (nSPS) is 11.8. The summed E-state index contributed by atoms with van der Waals surface area (Å²) in [5.74, 6) is 0. The molecule has 0 atom stereocenters. The maximum absolute atomic E-state index is 4.58. The molecule has 0 unspecified atom stereocenters. The van der Waals surface area contributed by atoms with Crippen molar-refractivity contribution in [2.45, 2.75) is 46.2 Å². The molecule has 0 amide bonds. The number of hydrogen-bond donors (Lipinski definition) is 1. The van der Waals surface area contributed by atoms with Crippen LogP contribution >= 0.6 is 0 Å². The molecule has 0 aliphatic heterocycles. The van der Waals surface area contributed by atoms with E-state index in [1.165, 1.54) is 11.1 Å². The van der Waals surface area contributed by atoms with Gasteiger partial charge in [-0.2, -0.15) is 5.10 Å². The Labute approximate surface area is 121 Å². The summed E-state index contributed by atoms with van der Waals surface area (Å²) >= 11 is 0. The highest BCUT2D eigenvalue weighted by atomic mass is 15.3. The molecular weight excluding hydrogens is 248 g/mol. The fourth-order valence-electron chi connectivity index (χ4n) is 2.23. The van der Waals surface area contributed by atoms with Crippen molar-refractivity contribution in [2.24, 2.45) is 7.05 Å². The van der Waals surface area contributed by atoms with E-state index in [1.54, 1.807) is 0 Å². The van der Waals surface area contributed by atoms with Crippen LogP contribution < -0.4 is 5.32 Å². The molecular formula is C16H24N4. The van der Waals surface area contributed by atoms with Gasteiger partial charge >= 0.3 is 0 Å². The first-order valence-corrected chi connectivity index (χ1v) is 7.01. The highest BCUT2D eigenvalue weighted by molar-refractivity contribution is 5.24. The molecule has 1 N–H and O–H groups in total. The van der Waals surface area contributed by atoms with Crippen LogP contribution in [0.25, 0.3) is 0 Å². The molecule has 4 heteroatoms. The number of nitrogens with zero attached hydrogens (tertiary/aromatic N) is 3. The molecule has 2 rings (SSSR count). The number of pyridine rings is 1. The van der Waals surface area contributed by atoms with Gasteiger partial charge in [0, 0.05) is 43.5 Å². The minimum atomic E-state index is 0.0698.